The molecule has 26 heavy (non-hydrogen) atoms. The topological polar surface area (TPSA) is 116 Å². The molecule has 0 amide bonds. The number of benzene rings is 1. The first-order valence-corrected chi connectivity index (χ1v) is 8.45. The minimum atomic E-state index is -0.546. The van der Waals surface area contributed by atoms with Gasteiger partial charge in [-0.3, -0.25) is 20.3 Å². The zero-order valence-electron chi connectivity index (χ0n) is 14.7. The fourth-order valence-electron chi connectivity index (χ4n) is 2.22. The molecule has 0 bridgehead atoms. The fraction of sp³-hybridized carbons (Fsp3) is 0.312. The van der Waals surface area contributed by atoms with Crippen LogP contribution < -0.4 is 14.9 Å². The van der Waals surface area contributed by atoms with Gasteiger partial charge in [0, 0.05) is 18.6 Å². The summed E-state index contributed by atoms with van der Waals surface area (Å²) >= 11 is 1.19. The molecule has 2 rings (SSSR count). The molecule has 0 aliphatic heterocycles. The Kier molecular flexibility index (Phi) is 6.23. The number of hydrazone groups is 1. The maximum Gasteiger partial charge on any atom is 0.315 e. The third-order valence-corrected chi connectivity index (χ3v) is 4.41. The highest BCUT2D eigenvalue weighted by Gasteiger charge is 2.21. The second kappa shape index (κ2) is 8.39. The number of rotatable bonds is 8. The molecule has 138 valence electrons. The predicted molar refractivity (Wildman–Crippen MR) is 98.9 cm³/mol. The molecule has 0 spiro atoms. The smallest absolute Gasteiger partial charge is 0.315 e. The molecule has 0 fully saturated rings. The molecular weight excluding hydrogens is 360 g/mol. The number of hydrogen-bond donors (Lipinski definition) is 1. The molecule has 0 saturated heterocycles. The van der Waals surface area contributed by atoms with Gasteiger partial charge in [-0.05, 0) is 19.9 Å². The molecule has 0 unspecified atom stereocenters. The summed E-state index contributed by atoms with van der Waals surface area (Å²) in [5.41, 5.74) is 3.58. The number of ketones is 1. The Morgan fingerprint density at radius 2 is 2.23 bits per heavy atom. The fourth-order valence-corrected chi connectivity index (χ4v) is 3.03. The van der Waals surface area contributed by atoms with Gasteiger partial charge in [-0.25, -0.2) is 4.98 Å². The van der Waals surface area contributed by atoms with Gasteiger partial charge in [-0.1, -0.05) is 11.3 Å². The van der Waals surface area contributed by atoms with Gasteiger partial charge in [0.2, 0.25) is 10.9 Å². The van der Waals surface area contributed by atoms with Crippen LogP contribution in [0.4, 0.5) is 10.8 Å². The van der Waals surface area contributed by atoms with Crippen LogP contribution in [0.5, 0.6) is 11.5 Å². The third-order valence-electron chi connectivity index (χ3n) is 3.25. The number of anilines is 1. The average molecular weight is 378 g/mol. The van der Waals surface area contributed by atoms with E-state index in [9.17, 15) is 14.9 Å². The summed E-state index contributed by atoms with van der Waals surface area (Å²) in [5, 5.41) is 15.7. The minimum Gasteiger partial charge on any atom is -0.490 e. The van der Waals surface area contributed by atoms with E-state index in [0.29, 0.717) is 27.9 Å². The first kappa shape index (κ1) is 19.3. The number of hydrogen-bond acceptors (Lipinski definition) is 9. The Hall–Kier alpha value is -3.01. The largest absolute Gasteiger partial charge is 0.490 e. The van der Waals surface area contributed by atoms with Gasteiger partial charge in [0.15, 0.2) is 11.5 Å². The molecule has 0 saturated carbocycles. The molecule has 0 aliphatic rings. The molecule has 1 N–H and O–H groups in total. The van der Waals surface area contributed by atoms with Crippen molar-refractivity contribution in [3.8, 4) is 11.5 Å². The lowest BCUT2D eigenvalue weighted by molar-refractivity contribution is -0.385. The Labute approximate surface area is 153 Å². The van der Waals surface area contributed by atoms with Crippen molar-refractivity contribution < 1.29 is 19.2 Å². The van der Waals surface area contributed by atoms with Crippen molar-refractivity contribution in [3.63, 3.8) is 0 Å². The van der Waals surface area contributed by atoms with Gasteiger partial charge in [-0.15, -0.1) is 0 Å². The molecule has 1 heterocycles. The minimum absolute atomic E-state index is 0.0589. The van der Waals surface area contributed by atoms with Gasteiger partial charge >= 0.3 is 5.69 Å². The molecule has 0 aliphatic carbocycles. The number of ether oxygens (including phenoxy) is 2. The third kappa shape index (κ3) is 4.33. The van der Waals surface area contributed by atoms with Gasteiger partial charge in [0.25, 0.3) is 0 Å². The maximum atomic E-state index is 11.5. The highest BCUT2D eigenvalue weighted by molar-refractivity contribution is 7.17. The summed E-state index contributed by atoms with van der Waals surface area (Å²) < 4.78 is 10.5. The van der Waals surface area contributed by atoms with E-state index < -0.39 is 4.92 Å². The lowest BCUT2D eigenvalue weighted by Crippen LogP contribution is -2.01. The summed E-state index contributed by atoms with van der Waals surface area (Å²) in [6.07, 6.45) is 1.40. The number of Topliss-reactive ketones (excluding diaryl/α,β-unsaturated/α-hetero) is 1. The quantitative estimate of drug-likeness (QED) is 0.324. The lowest BCUT2D eigenvalue weighted by Gasteiger charge is -2.10. The van der Waals surface area contributed by atoms with Crippen molar-refractivity contribution in [3.05, 3.63) is 38.4 Å². The van der Waals surface area contributed by atoms with E-state index >= 15 is 0 Å². The van der Waals surface area contributed by atoms with Crippen LogP contribution in [0.1, 0.15) is 34.8 Å². The van der Waals surface area contributed by atoms with Gasteiger partial charge < -0.3 is 9.47 Å². The summed E-state index contributed by atoms with van der Waals surface area (Å²) in [5.74, 6) is 0.252. The number of aromatic nitrogens is 1. The van der Waals surface area contributed by atoms with Crippen LogP contribution in [0.3, 0.4) is 0 Å². The van der Waals surface area contributed by atoms with Crippen molar-refractivity contribution in [2.75, 3.05) is 19.1 Å². The van der Waals surface area contributed by atoms with Crippen molar-refractivity contribution in [2.24, 2.45) is 5.10 Å². The zero-order valence-corrected chi connectivity index (χ0v) is 15.5. The van der Waals surface area contributed by atoms with E-state index in [1.165, 1.54) is 37.7 Å². The average Bonchev–Trinajstić information content (AvgIpc) is 2.95. The number of nitrogens with zero attached hydrogens (tertiary/aromatic N) is 3. The Morgan fingerprint density at radius 3 is 2.77 bits per heavy atom. The highest BCUT2D eigenvalue weighted by Crippen LogP contribution is 2.37. The monoisotopic (exact) mass is 378 g/mol. The first-order valence-electron chi connectivity index (χ1n) is 7.64. The summed E-state index contributed by atoms with van der Waals surface area (Å²) in [6, 6.07) is 2.93. The van der Waals surface area contributed by atoms with E-state index in [2.05, 4.69) is 15.5 Å². The highest BCUT2D eigenvalue weighted by atomic mass is 32.1. The number of carbonyl (C=O) groups excluding carboxylic acids is 1. The second-order valence-corrected chi connectivity index (χ2v) is 6.12. The van der Waals surface area contributed by atoms with E-state index in [-0.39, 0.29) is 23.0 Å². The molecule has 0 atom stereocenters. The van der Waals surface area contributed by atoms with Crippen LogP contribution in [-0.4, -0.2) is 35.6 Å². The Morgan fingerprint density at radius 1 is 1.50 bits per heavy atom. The van der Waals surface area contributed by atoms with Crippen LogP contribution in [0.25, 0.3) is 0 Å². The lowest BCUT2D eigenvalue weighted by atomic mass is 10.2. The van der Waals surface area contributed by atoms with Crippen molar-refractivity contribution in [2.45, 2.75) is 20.8 Å². The van der Waals surface area contributed by atoms with Crippen molar-refractivity contribution in [1.29, 1.82) is 0 Å². The summed E-state index contributed by atoms with van der Waals surface area (Å²) in [7, 11) is 1.34. The number of nitro groups is 1. The number of methoxy groups -OCH3 is 1. The van der Waals surface area contributed by atoms with Crippen LogP contribution in [0.2, 0.25) is 0 Å². The van der Waals surface area contributed by atoms with E-state index in [0.717, 1.165) is 0 Å². The van der Waals surface area contributed by atoms with Gasteiger partial charge in [0.1, 0.15) is 0 Å². The summed E-state index contributed by atoms with van der Waals surface area (Å²) in [6.45, 7) is 5.31. The van der Waals surface area contributed by atoms with Crippen LogP contribution in [0.15, 0.2) is 17.2 Å². The Balaban J connectivity index is 2.28. The molecular formula is C16H18N4O5S. The standard InChI is InChI=1S/C16H18N4O5S/c1-5-25-13-7-11(6-12(20(22)23)14(13)24-4)8-17-19-16-18-9(2)15(26-16)10(3)21/h6-8H,5H2,1-4H3,(H,18,19)/b17-8-. The van der Waals surface area contributed by atoms with Crippen molar-refractivity contribution >= 4 is 34.2 Å². The molecule has 1 aromatic carbocycles. The second-order valence-electron chi connectivity index (χ2n) is 5.12. The van der Waals surface area contributed by atoms with Crippen LogP contribution in [-0.2, 0) is 0 Å². The number of nitro benzene ring substituents is 1. The van der Waals surface area contributed by atoms with E-state index in [1.807, 2.05) is 0 Å². The van der Waals surface area contributed by atoms with Gasteiger partial charge in [0.05, 0.1) is 35.4 Å². The van der Waals surface area contributed by atoms with Crippen molar-refractivity contribution in [1.82, 2.24) is 4.98 Å². The zero-order chi connectivity index (χ0) is 19.3. The number of thiazole rings is 1. The SMILES string of the molecule is CCOc1cc(/C=N\Nc2nc(C)c(C(C)=O)s2)cc([N+](=O)[O-])c1OC. The van der Waals surface area contributed by atoms with Gasteiger partial charge in [-0.2, -0.15) is 5.10 Å². The van der Waals surface area contributed by atoms with E-state index in [4.69, 9.17) is 9.47 Å². The molecule has 2 aromatic rings. The number of carbonyl (C=O) groups is 1. The maximum absolute atomic E-state index is 11.5. The van der Waals surface area contributed by atoms with E-state index in [1.54, 1.807) is 19.9 Å². The number of nitrogens with one attached hydrogen (secondary N) is 1. The van der Waals surface area contributed by atoms with Crippen LogP contribution in [0, 0.1) is 17.0 Å². The molecule has 10 heteroatoms. The normalized spacial score (nSPS) is 10.8. The predicted octanol–water partition coefficient (Wildman–Crippen LogP) is 3.42. The molecule has 1 aromatic heterocycles. The number of aryl methyl sites for hydroxylation is 1. The molecule has 0 radical (unpaired) electrons. The summed E-state index contributed by atoms with van der Waals surface area (Å²) in [4.78, 5) is 26.9. The first-order chi connectivity index (χ1) is 12.4. The molecule has 9 nitrogen and oxygen atoms in total. The Bertz CT molecular complexity index is 863. The van der Waals surface area contributed by atoms with Crippen LogP contribution >= 0.6 is 11.3 Å².